The van der Waals surface area contributed by atoms with E-state index in [0.29, 0.717) is 13.2 Å². The van der Waals surface area contributed by atoms with E-state index < -0.39 is 5.79 Å². The molecule has 3 N–H and O–H groups in total. The molecule has 1 saturated heterocycles. The van der Waals surface area contributed by atoms with Gasteiger partial charge in [0, 0.05) is 62.4 Å². The van der Waals surface area contributed by atoms with Crippen LogP contribution in [-0.2, 0) is 4.74 Å². The second-order valence-corrected chi connectivity index (χ2v) is 7.68. The molecule has 9 heteroatoms. The van der Waals surface area contributed by atoms with Crippen LogP contribution in [0.5, 0.6) is 0 Å². The summed E-state index contributed by atoms with van der Waals surface area (Å²) >= 11 is 0. The Bertz CT molecular complexity index is 1010. The SMILES string of the molecule is CN1C=CC(C2(N3CCOCC3)N=CC=C(Nc3ccncc3)N2)=CC1c1ccn[nH]1. The number of likely N-dealkylation sites (N-methyl/N-ethyl adjacent to an activating group) is 1. The van der Waals surface area contributed by atoms with E-state index in [9.17, 15) is 0 Å². The lowest BCUT2D eigenvalue weighted by Gasteiger charge is -2.47. The largest absolute Gasteiger partial charge is 0.379 e. The van der Waals surface area contributed by atoms with Crippen LogP contribution < -0.4 is 10.6 Å². The Kier molecular flexibility index (Phi) is 5.27. The van der Waals surface area contributed by atoms with Gasteiger partial charge < -0.3 is 20.3 Å². The molecule has 2 unspecified atom stereocenters. The summed E-state index contributed by atoms with van der Waals surface area (Å²) in [6, 6.07) is 5.92. The highest BCUT2D eigenvalue weighted by Gasteiger charge is 2.43. The predicted molar refractivity (Wildman–Crippen MR) is 119 cm³/mol. The van der Waals surface area contributed by atoms with E-state index in [4.69, 9.17) is 9.73 Å². The Hall–Kier alpha value is -3.43. The number of pyridine rings is 1. The van der Waals surface area contributed by atoms with E-state index in [1.807, 2.05) is 30.5 Å². The number of anilines is 1. The van der Waals surface area contributed by atoms with Gasteiger partial charge >= 0.3 is 0 Å². The molecule has 9 nitrogen and oxygen atoms in total. The van der Waals surface area contributed by atoms with Gasteiger partial charge in [-0.15, -0.1) is 0 Å². The predicted octanol–water partition coefficient (Wildman–Crippen LogP) is 1.84. The maximum Gasteiger partial charge on any atom is 0.215 e. The second-order valence-electron chi connectivity index (χ2n) is 7.68. The number of allylic oxidation sites excluding steroid dienone is 1. The number of aromatic amines is 1. The molecule has 31 heavy (non-hydrogen) atoms. The first kappa shape index (κ1) is 19.5. The summed E-state index contributed by atoms with van der Waals surface area (Å²) < 4.78 is 5.62. The van der Waals surface area contributed by atoms with E-state index >= 15 is 0 Å². The Balaban J connectivity index is 1.50. The van der Waals surface area contributed by atoms with Gasteiger partial charge in [0.25, 0.3) is 0 Å². The van der Waals surface area contributed by atoms with Gasteiger partial charge in [-0.25, -0.2) is 4.99 Å². The van der Waals surface area contributed by atoms with Crippen LogP contribution in [0.4, 0.5) is 5.69 Å². The van der Waals surface area contributed by atoms with Gasteiger partial charge in [0.2, 0.25) is 5.79 Å². The molecule has 2 aromatic rings. The van der Waals surface area contributed by atoms with E-state index in [0.717, 1.165) is 35.9 Å². The van der Waals surface area contributed by atoms with E-state index in [2.05, 4.69) is 61.0 Å². The van der Waals surface area contributed by atoms with Gasteiger partial charge in [0.05, 0.1) is 24.9 Å². The first-order chi connectivity index (χ1) is 15.2. The van der Waals surface area contributed by atoms with Crippen LogP contribution in [0.1, 0.15) is 11.7 Å². The highest BCUT2D eigenvalue weighted by atomic mass is 16.5. The number of rotatable bonds is 5. The van der Waals surface area contributed by atoms with Gasteiger partial charge in [-0.1, -0.05) is 0 Å². The molecular weight excluding hydrogens is 392 g/mol. The molecule has 5 heterocycles. The van der Waals surface area contributed by atoms with Gasteiger partial charge in [-0.3, -0.25) is 15.0 Å². The molecule has 0 spiro atoms. The summed E-state index contributed by atoms with van der Waals surface area (Å²) in [5.41, 5.74) is 3.07. The standard InChI is InChI=1S/C22H26N8O/c1-29-11-6-17(16-20(29)19-4-10-25-28-19)22(30-12-14-31-15-13-30)24-9-5-21(27-22)26-18-2-7-23-8-3-18/h2-11,16,20,27H,12-15H2,1H3,(H,23,26)(H,25,28). The molecule has 0 saturated carbocycles. The van der Waals surface area contributed by atoms with Crippen molar-refractivity contribution in [3.8, 4) is 0 Å². The molecule has 5 rings (SSSR count). The van der Waals surface area contributed by atoms with Crippen LogP contribution >= 0.6 is 0 Å². The van der Waals surface area contributed by atoms with Crippen molar-refractivity contribution < 1.29 is 4.74 Å². The zero-order valence-electron chi connectivity index (χ0n) is 17.4. The smallest absolute Gasteiger partial charge is 0.215 e. The third kappa shape index (κ3) is 3.85. The number of ether oxygens (including phenoxy) is 1. The maximum atomic E-state index is 5.62. The van der Waals surface area contributed by atoms with Crippen molar-refractivity contribution >= 4 is 11.9 Å². The van der Waals surface area contributed by atoms with Crippen LogP contribution in [0, 0.1) is 0 Å². The zero-order valence-corrected chi connectivity index (χ0v) is 17.4. The van der Waals surface area contributed by atoms with Crippen molar-refractivity contribution in [1.82, 2.24) is 30.3 Å². The summed E-state index contributed by atoms with van der Waals surface area (Å²) in [7, 11) is 2.06. The van der Waals surface area contributed by atoms with Crippen LogP contribution in [-0.4, -0.2) is 70.3 Å². The molecule has 160 valence electrons. The molecular formula is C22H26N8O. The lowest BCUT2D eigenvalue weighted by atomic mass is 9.97. The molecule has 2 aromatic heterocycles. The molecule has 3 aliphatic rings. The molecule has 3 aliphatic heterocycles. The second kappa shape index (κ2) is 8.37. The van der Waals surface area contributed by atoms with Crippen molar-refractivity contribution in [3.63, 3.8) is 0 Å². The fourth-order valence-electron chi connectivity index (χ4n) is 4.13. The fraction of sp³-hybridized carbons (Fsp3) is 0.318. The highest BCUT2D eigenvalue weighted by Crippen LogP contribution is 2.35. The highest BCUT2D eigenvalue weighted by molar-refractivity contribution is 5.76. The van der Waals surface area contributed by atoms with E-state index in [-0.39, 0.29) is 6.04 Å². The first-order valence-corrected chi connectivity index (χ1v) is 10.4. The van der Waals surface area contributed by atoms with Gasteiger partial charge in [-0.05, 0) is 36.4 Å². The summed E-state index contributed by atoms with van der Waals surface area (Å²) in [4.78, 5) is 13.6. The third-order valence-electron chi connectivity index (χ3n) is 5.75. The summed E-state index contributed by atoms with van der Waals surface area (Å²) in [5, 5.41) is 14.4. The average Bonchev–Trinajstić information content (AvgIpc) is 3.35. The number of aliphatic imine (C=N–C) groups is 1. The number of aromatic nitrogens is 3. The monoisotopic (exact) mass is 418 g/mol. The number of nitrogens with one attached hydrogen (secondary N) is 3. The number of H-pyrrole nitrogens is 1. The Morgan fingerprint density at radius 2 is 2.00 bits per heavy atom. The molecule has 0 aliphatic carbocycles. The minimum absolute atomic E-state index is 0.0416. The van der Waals surface area contributed by atoms with Crippen molar-refractivity contribution in [2.45, 2.75) is 11.8 Å². The van der Waals surface area contributed by atoms with Crippen LogP contribution in [0.2, 0.25) is 0 Å². The van der Waals surface area contributed by atoms with E-state index in [1.54, 1.807) is 18.6 Å². The van der Waals surface area contributed by atoms with Gasteiger partial charge in [0.1, 0.15) is 5.82 Å². The minimum atomic E-state index is -0.732. The van der Waals surface area contributed by atoms with Crippen LogP contribution in [0.15, 0.2) is 77.6 Å². The molecule has 0 radical (unpaired) electrons. The van der Waals surface area contributed by atoms with Crippen molar-refractivity contribution in [2.24, 2.45) is 4.99 Å². The molecule has 0 bridgehead atoms. The lowest BCUT2D eigenvalue weighted by molar-refractivity contribution is -0.0148. The summed E-state index contributed by atoms with van der Waals surface area (Å²) in [6.07, 6.45) is 15.6. The average molecular weight is 419 g/mol. The molecule has 0 aromatic carbocycles. The first-order valence-electron chi connectivity index (χ1n) is 10.4. The zero-order chi connectivity index (χ0) is 21.1. The van der Waals surface area contributed by atoms with Crippen LogP contribution in [0.3, 0.4) is 0 Å². The molecule has 1 fully saturated rings. The number of hydrogen-bond acceptors (Lipinski definition) is 8. The Labute approximate surface area is 181 Å². The topological polar surface area (TPSA) is 93.7 Å². The van der Waals surface area contributed by atoms with Gasteiger partial charge in [-0.2, -0.15) is 5.10 Å². The van der Waals surface area contributed by atoms with Crippen molar-refractivity contribution in [2.75, 3.05) is 38.7 Å². The van der Waals surface area contributed by atoms with Crippen molar-refractivity contribution in [3.05, 3.63) is 78.3 Å². The summed E-state index contributed by atoms with van der Waals surface area (Å²) in [6.45, 7) is 2.92. The maximum absolute atomic E-state index is 5.62. The fourth-order valence-corrected chi connectivity index (χ4v) is 4.13. The molecule has 2 atom stereocenters. The third-order valence-corrected chi connectivity index (χ3v) is 5.75. The van der Waals surface area contributed by atoms with Crippen LogP contribution in [0.25, 0.3) is 0 Å². The molecule has 0 amide bonds. The quantitative estimate of drug-likeness (QED) is 0.682. The number of hydrogen-bond donors (Lipinski definition) is 3. The van der Waals surface area contributed by atoms with E-state index in [1.165, 1.54) is 0 Å². The Morgan fingerprint density at radius 3 is 2.77 bits per heavy atom. The number of nitrogens with zero attached hydrogens (tertiary/aromatic N) is 5. The van der Waals surface area contributed by atoms with Crippen molar-refractivity contribution in [1.29, 1.82) is 0 Å². The number of morpholine rings is 1. The Morgan fingerprint density at radius 1 is 1.16 bits per heavy atom. The summed E-state index contributed by atoms with van der Waals surface area (Å²) in [5.74, 6) is 0.142. The minimum Gasteiger partial charge on any atom is -0.379 e. The normalized spacial score (nSPS) is 26.2. The van der Waals surface area contributed by atoms with Gasteiger partial charge in [0.15, 0.2) is 0 Å². The lowest BCUT2D eigenvalue weighted by Crippen LogP contribution is -2.63.